The molecule has 2 amide bonds. The van der Waals surface area contributed by atoms with Crippen molar-refractivity contribution in [1.29, 1.82) is 0 Å². The highest BCUT2D eigenvalue weighted by molar-refractivity contribution is 7.12. The maximum Gasteiger partial charge on any atom is 0.266 e. The van der Waals surface area contributed by atoms with E-state index in [1.807, 2.05) is 24.3 Å². The van der Waals surface area contributed by atoms with Gasteiger partial charge in [0.25, 0.3) is 11.8 Å². The van der Waals surface area contributed by atoms with Gasteiger partial charge in [0.15, 0.2) is 0 Å². The van der Waals surface area contributed by atoms with Crippen molar-refractivity contribution in [2.45, 2.75) is 47.6 Å². The first-order chi connectivity index (χ1) is 23.7. The Morgan fingerprint density at radius 3 is 1.47 bits per heavy atom. The van der Waals surface area contributed by atoms with Crippen LogP contribution in [0, 0.1) is 41.5 Å². The number of para-hydroxylation sites is 1. The van der Waals surface area contributed by atoms with Crippen LogP contribution in [0.1, 0.15) is 58.9 Å². The number of nitrogens with zero attached hydrogens (tertiary/aromatic N) is 2. The lowest BCUT2D eigenvalue weighted by Gasteiger charge is -2.23. The average Bonchev–Trinajstić information content (AvgIpc) is 3.74. The summed E-state index contributed by atoms with van der Waals surface area (Å²) in [5, 5.41) is 2.07. The molecule has 0 saturated carbocycles. The molecule has 1 aliphatic rings. The Morgan fingerprint density at radius 1 is 0.510 bits per heavy atom. The van der Waals surface area contributed by atoms with Crippen LogP contribution >= 0.6 is 22.7 Å². The molecule has 0 bridgehead atoms. The molecule has 4 aromatic carbocycles. The molecule has 7 aromatic rings. The van der Waals surface area contributed by atoms with E-state index in [1.165, 1.54) is 16.0 Å². The van der Waals surface area contributed by atoms with Gasteiger partial charge in [-0.25, -0.2) is 4.90 Å². The SMILES string of the molecule is Cc1sc(C)c(C2=C(c3c(C)sc(C)c3C)C(=O)N(c3ccc4c(c3)c3ccccc3n4C(c3ccccc3)c3ccccc3)C2=O)c1C. The molecule has 49 heavy (non-hydrogen) atoms. The molecule has 6 heteroatoms. The summed E-state index contributed by atoms with van der Waals surface area (Å²) in [4.78, 5) is 35.4. The Hall–Kier alpha value is -5.04. The lowest BCUT2D eigenvalue weighted by molar-refractivity contribution is -0.119. The van der Waals surface area contributed by atoms with Gasteiger partial charge in [0.1, 0.15) is 0 Å². The summed E-state index contributed by atoms with van der Waals surface area (Å²) in [7, 11) is 0. The monoisotopic (exact) mass is 676 g/mol. The van der Waals surface area contributed by atoms with Crippen molar-refractivity contribution in [1.82, 2.24) is 4.57 Å². The van der Waals surface area contributed by atoms with Crippen molar-refractivity contribution in [3.05, 3.63) is 156 Å². The number of thiophene rings is 2. The van der Waals surface area contributed by atoms with E-state index < -0.39 is 0 Å². The van der Waals surface area contributed by atoms with Gasteiger partial charge in [-0.1, -0.05) is 78.9 Å². The number of hydrogen-bond donors (Lipinski definition) is 0. The molecule has 0 atom stereocenters. The topological polar surface area (TPSA) is 42.3 Å². The first-order valence-electron chi connectivity index (χ1n) is 16.6. The van der Waals surface area contributed by atoms with Crippen LogP contribution in [0.4, 0.5) is 5.69 Å². The van der Waals surface area contributed by atoms with Crippen LogP contribution in [-0.4, -0.2) is 16.4 Å². The molecule has 0 unspecified atom stereocenters. The van der Waals surface area contributed by atoms with Gasteiger partial charge in [0.05, 0.1) is 28.4 Å². The molecular formula is C43H36N2O2S2. The maximum absolute atomic E-state index is 14.8. The number of carbonyl (C=O) groups is 2. The fourth-order valence-electron chi connectivity index (χ4n) is 7.72. The normalized spacial score (nSPS) is 13.7. The largest absolute Gasteiger partial charge is 0.329 e. The Balaban J connectivity index is 1.35. The van der Waals surface area contributed by atoms with Crippen molar-refractivity contribution in [3.63, 3.8) is 0 Å². The summed E-state index contributed by atoms with van der Waals surface area (Å²) in [5.41, 5.74) is 10.0. The first kappa shape index (κ1) is 31.2. The summed E-state index contributed by atoms with van der Waals surface area (Å²) < 4.78 is 2.39. The van der Waals surface area contributed by atoms with Crippen molar-refractivity contribution >= 4 is 73.1 Å². The van der Waals surface area contributed by atoms with Crippen LogP contribution in [0.15, 0.2) is 103 Å². The van der Waals surface area contributed by atoms with E-state index >= 15 is 0 Å². The fraction of sp³-hybridized carbons (Fsp3) is 0.163. The van der Waals surface area contributed by atoms with Crippen LogP contribution in [0.3, 0.4) is 0 Å². The second kappa shape index (κ2) is 11.8. The van der Waals surface area contributed by atoms with Crippen LogP contribution < -0.4 is 4.90 Å². The van der Waals surface area contributed by atoms with E-state index in [2.05, 4.69) is 125 Å². The molecule has 4 heterocycles. The standard InChI is InChI=1S/C43H36N2O2S2/c1-24-26(3)48-28(5)37(24)39-40(38-25(2)27(4)49-29(38)6)43(47)44(42(39)46)32-21-22-36-34(23-32)33-19-13-14-20-35(33)45(36)41(30-15-9-7-10-16-30)31-17-11-8-12-18-31/h7-23,41H,1-6H3. The van der Waals surface area contributed by atoms with Crippen LogP contribution in [0.25, 0.3) is 33.0 Å². The van der Waals surface area contributed by atoms with Crippen LogP contribution in [0.2, 0.25) is 0 Å². The third-order valence-corrected chi connectivity index (χ3v) is 12.4. The van der Waals surface area contributed by atoms with Gasteiger partial charge in [-0.15, -0.1) is 22.7 Å². The minimum atomic E-state index is -0.263. The Morgan fingerprint density at radius 2 is 0.980 bits per heavy atom. The fourth-order valence-corrected chi connectivity index (χ4v) is 9.86. The zero-order chi connectivity index (χ0) is 34.1. The van der Waals surface area contributed by atoms with Gasteiger partial charge in [-0.05, 0) is 88.1 Å². The number of carbonyl (C=O) groups excluding carboxylic acids is 2. The number of anilines is 1. The molecule has 8 rings (SSSR count). The number of fused-ring (bicyclic) bond motifs is 3. The first-order valence-corrected chi connectivity index (χ1v) is 18.2. The number of aryl methyl sites for hydroxylation is 4. The van der Waals surface area contributed by atoms with E-state index in [9.17, 15) is 9.59 Å². The predicted molar refractivity (Wildman–Crippen MR) is 206 cm³/mol. The smallest absolute Gasteiger partial charge is 0.266 e. The highest BCUT2D eigenvalue weighted by atomic mass is 32.1. The molecule has 4 nitrogen and oxygen atoms in total. The van der Waals surface area contributed by atoms with Gasteiger partial charge < -0.3 is 4.57 Å². The molecule has 0 spiro atoms. The Kier molecular flexibility index (Phi) is 7.54. The molecule has 0 saturated heterocycles. The van der Waals surface area contributed by atoms with Crippen molar-refractivity contribution < 1.29 is 9.59 Å². The van der Waals surface area contributed by atoms with E-state index in [-0.39, 0.29) is 17.9 Å². The molecule has 1 aliphatic heterocycles. The van der Waals surface area contributed by atoms with Crippen molar-refractivity contribution in [2.24, 2.45) is 0 Å². The van der Waals surface area contributed by atoms with E-state index in [0.717, 1.165) is 63.6 Å². The molecule has 0 radical (unpaired) electrons. The summed E-state index contributed by atoms with van der Waals surface area (Å²) in [6, 6.07) is 35.5. The van der Waals surface area contributed by atoms with Gasteiger partial charge in [0, 0.05) is 46.9 Å². The number of imide groups is 1. The summed E-state index contributed by atoms with van der Waals surface area (Å²) >= 11 is 3.36. The third-order valence-electron chi connectivity index (χ3n) is 10.1. The molecule has 0 aliphatic carbocycles. The summed E-state index contributed by atoms with van der Waals surface area (Å²) in [5.74, 6) is -0.526. The number of rotatable bonds is 6. The second-order valence-corrected chi connectivity index (χ2v) is 15.8. The lowest BCUT2D eigenvalue weighted by atomic mass is 9.92. The highest BCUT2D eigenvalue weighted by Gasteiger charge is 2.43. The number of amides is 2. The maximum atomic E-state index is 14.8. The van der Waals surface area contributed by atoms with Gasteiger partial charge in [-0.2, -0.15) is 0 Å². The number of aromatic nitrogens is 1. The number of hydrogen-bond acceptors (Lipinski definition) is 4. The van der Waals surface area contributed by atoms with Crippen LogP contribution in [-0.2, 0) is 9.59 Å². The summed E-state index contributed by atoms with van der Waals surface area (Å²) in [6.45, 7) is 12.4. The average molecular weight is 677 g/mol. The van der Waals surface area contributed by atoms with Crippen molar-refractivity contribution in [2.75, 3.05) is 4.90 Å². The van der Waals surface area contributed by atoms with Crippen molar-refractivity contribution in [3.8, 4) is 0 Å². The molecule has 242 valence electrons. The van der Waals surface area contributed by atoms with Gasteiger partial charge in [-0.3, -0.25) is 9.59 Å². The second-order valence-electron chi connectivity index (χ2n) is 12.9. The predicted octanol–water partition coefficient (Wildman–Crippen LogP) is 10.9. The molecule has 0 N–H and O–H groups in total. The van der Waals surface area contributed by atoms with Gasteiger partial charge in [0.2, 0.25) is 0 Å². The minimum absolute atomic E-state index is 0.0777. The molecule has 3 aromatic heterocycles. The number of benzene rings is 4. The Bertz CT molecular complexity index is 2380. The van der Waals surface area contributed by atoms with E-state index in [0.29, 0.717) is 16.8 Å². The lowest BCUT2D eigenvalue weighted by Crippen LogP contribution is -2.31. The van der Waals surface area contributed by atoms with E-state index in [1.54, 1.807) is 22.7 Å². The molecular weight excluding hydrogens is 641 g/mol. The Labute approximate surface area is 294 Å². The minimum Gasteiger partial charge on any atom is -0.329 e. The zero-order valence-electron chi connectivity index (χ0n) is 28.4. The molecule has 0 fully saturated rings. The zero-order valence-corrected chi connectivity index (χ0v) is 30.1. The third kappa shape index (κ3) is 4.77. The quantitative estimate of drug-likeness (QED) is 0.165. The van der Waals surface area contributed by atoms with E-state index in [4.69, 9.17) is 0 Å². The van der Waals surface area contributed by atoms with Gasteiger partial charge >= 0.3 is 0 Å². The highest BCUT2D eigenvalue weighted by Crippen LogP contribution is 2.47. The summed E-state index contributed by atoms with van der Waals surface area (Å²) in [6.07, 6.45) is 0. The van der Waals surface area contributed by atoms with Crippen LogP contribution in [0.5, 0.6) is 0 Å².